The summed E-state index contributed by atoms with van der Waals surface area (Å²) in [5, 5.41) is 13.6. The van der Waals surface area contributed by atoms with Gasteiger partial charge in [0.15, 0.2) is 0 Å². The fraction of sp³-hybridized carbons (Fsp3) is 0.818. The van der Waals surface area contributed by atoms with Crippen LogP contribution in [0.5, 0.6) is 0 Å². The van der Waals surface area contributed by atoms with Gasteiger partial charge in [0.25, 0.3) is 0 Å². The van der Waals surface area contributed by atoms with Crippen molar-refractivity contribution in [3.63, 3.8) is 0 Å². The molecule has 102 valence electrons. The summed E-state index contributed by atoms with van der Waals surface area (Å²) >= 11 is 5.86. The molecule has 0 rings (SSSR count). The van der Waals surface area contributed by atoms with E-state index in [-0.39, 0.29) is 11.9 Å². The Bertz CT molecular complexity index is 268. The number of hydrogen-bond donors (Lipinski definition) is 5. The SMILES string of the molecule is CNNC(C)(C)C(O)(/C=C(\N)NC(C)C)CCl. The van der Waals surface area contributed by atoms with E-state index in [4.69, 9.17) is 17.3 Å². The summed E-state index contributed by atoms with van der Waals surface area (Å²) in [4.78, 5) is 0. The molecule has 0 saturated carbocycles. The molecular weight excluding hydrogens is 240 g/mol. The number of nitrogens with one attached hydrogen (secondary N) is 3. The van der Waals surface area contributed by atoms with Crippen molar-refractivity contribution in [2.75, 3.05) is 12.9 Å². The van der Waals surface area contributed by atoms with Crippen LogP contribution >= 0.6 is 11.6 Å². The molecule has 0 spiro atoms. The van der Waals surface area contributed by atoms with Gasteiger partial charge in [-0.2, -0.15) is 0 Å². The van der Waals surface area contributed by atoms with Crippen molar-refractivity contribution in [2.45, 2.75) is 44.9 Å². The standard InChI is InChI=1S/C11H25ClN4O/c1-8(2)15-9(13)6-11(17,7-12)10(3,4)16-14-5/h6,8,14-17H,7,13H2,1-5H3/b9-6+. The molecule has 0 aromatic rings. The van der Waals surface area contributed by atoms with E-state index in [1.165, 1.54) is 0 Å². The molecule has 0 amide bonds. The summed E-state index contributed by atoms with van der Waals surface area (Å²) in [6, 6.07) is 0.200. The molecule has 0 aromatic carbocycles. The second-order valence-electron chi connectivity index (χ2n) is 4.96. The third-order valence-electron chi connectivity index (χ3n) is 2.57. The van der Waals surface area contributed by atoms with Crippen molar-refractivity contribution in [1.82, 2.24) is 16.2 Å². The van der Waals surface area contributed by atoms with Gasteiger partial charge < -0.3 is 16.2 Å². The first-order valence-corrected chi connectivity index (χ1v) is 6.19. The third kappa shape index (κ3) is 4.71. The minimum atomic E-state index is -1.26. The van der Waals surface area contributed by atoms with Gasteiger partial charge in [-0.15, -0.1) is 11.6 Å². The lowest BCUT2D eigenvalue weighted by Gasteiger charge is -2.40. The van der Waals surface area contributed by atoms with Gasteiger partial charge in [-0.05, 0) is 40.8 Å². The van der Waals surface area contributed by atoms with E-state index in [1.54, 1.807) is 13.1 Å². The Kier molecular flexibility index (Phi) is 6.26. The molecule has 0 radical (unpaired) electrons. The van der Waals surface area contributed by atoms with E-state index >= 15 is 0 Å². The smallest absolute Gasteiger partial charge is 0.119 e. The van der Waals surface area contributed by atoms with E-state index in [1.807, 2.05) is 27.7 Å². The molecular formula is C11H25ClN4O. The van der Waals surface area contributed by atoms with Gasteiger partial charge in [0.2, 0.25) is 0 Å². The second kappa shape index (κ2) is 6.44. The molecule has 0 aliphatic rings. The molecule has 0 fully saturated rings. The topological polar surface area (TPSA) is 82.3 Å². The van der Waals surface area contributed by atoms with Crippen molar-refractivity contribution < 1.29 is 5.11 Å². The molecule has 0 aromatic heterocycles. The fourth-order valence-electron chi connectivity index (χ4n) is 1.44. The number of alkyl halides is 1. The van der Waals surface area contributed by atoms with Gasteiger partial charge in [-0.3, -0.25) is 5.43 Å². The predicted molar refractivity (Wildman–Crippen MR) is 72.5 cm³/mol. The van der Waals surface area contributed by atoms with Crippen molar-refractivity contribution in [2.24, 2.45) is 5.73 Å². The molecule has 6 N–H and O–H groups in total. The normalized spacial score (nSPS) is 17.1. The number of hydrazine groups is 1. The highest BCUT2D eigenvalue weighted by Gasteiger charge is 2.41. The molecule has 0 heterocycles. The average molecular weight is 265 g/mol. The quantitative estimate of drug-likeness (QED) is 0.337. The maximum Gasteiger partial charge on any atom is 0.119 e. The summed E-state index contributed by atoms with van der Waals surface area (Å²) in [6.07, 6.45) is 1.55. The van der Waals surface area contributed by atoms with Crippen molar-refractivity contribution >= 4 is 11.6 Å². The zero-order valence-corrected chi connectivity index (χ0v) is 12.0. The largest absolute Gasteiger partial charge is 0.386 e. The van der Waals surface area contributed by atoms with Crippen molar-refractivity contribution in [3.8, 4) is 0 Å². The van der Waals surface area contributed by atoms with Crippen LogP contribution < -0.4 is 21.9 Å². The Morgan fingerprint density at radius 1 is 1.47 bits per heavy atom. The van der Waals surface area contributed by atoms with Crippen LogP contribution in [0.1, 0.15) is 27.7 Å². The zero-order valence-electron chi connectivity index (χ0n) is 11.3. The van der Waals surface area contributed by atoms with E-state index in [0.29, 0.717) is 5.82 Å². The minimum absolute atomic E-state index is 0.0369. The summed E-state index contributed by atoms with van der Waals surface area (Å²) in [6.45, 7) is 7.62. The van der Waals surface area contributed by atoms with Crippen molar-refractivity contribution in [3.05, 3.63) is 11.9 Å². The molecule has 6 heteroatoms. The van der Waals surface area contributed by atoms with Gasteiger partial charge in [0.05, 0.1) is 17.2 Å². The molecule has 0 aliphatic carbocycles. The summed E-state index contributed by atoms with van der Waals surface area (Å²) in [5.74, 6) is 0.448. The van der Waals surface area contributed by atoms with Crippen LogP contribution in [0, 0.1) is 0 Å². The summed E-state index contributed by atoms with van der Waals surface area (Å²) < 4.78 is 0. The minimum Gasteiger partial charge on any atom is -0.386 e. The third-order valence-corrected chi connectivity index (χ3v) is 2.98. The van der Waals surface area contributed by atoms with Crippen LogP contribution in [0.2, 0.25) is 0 Å². The van der Waals surface area contributed by atoms with Gasteiger partial charge >= 0.3 is 0 Å². The number of rotatable bonds is 7. The van der Waals surface area contributed by atoms with Gasteiger partial charge in [-0.25, -0.2) is 5.43 Å². The number of nitrogens with two attached hydrogens (primary N) is 1. The lowest BCUT2D eigenvalue weighted by Crippen LogP contribution is -2.63. The number of aliphatic hydroxyl groups is 1. The van der Waals surface area contributed by atoms with Gasteiger partial charge in [-0.1, -0.05) is 0 Å². The number of halogens is 1. The maximum atomic E-state index is 10.5. The van der Waals surface area contributed by atoms with Crippen LogP contribution in [0.4, 0.5) is 0 Å². The Morgan fingerprint density at radius 3 is 2.35 bits per heavy atom. The highest BCUT2D eigenvalue weighted by molar-refractivity contribution is 6.18. The maximum absolute atomic E-state index is 10.5. The van der Waals surface area contributed by atoms with E-state index in [2.05, 4.69) is 16.2 Å². The summed E-state index contributed by atoms with van der Waals surface area (Å²) in [7, 11) is 1.73. The molecule has 1 atom stereocenters. The van der Waals surface area contributed by atoms with Crippen LogP contribution in [-0.4, -0.2) is 35.2 Å². The zero-order chi connectivity index (χ0) is 13.7. The Hall–Kier alpha value is -0.490. The highest BCUT2D eigenvalue weighted by Crippen LogP contribution is 2.25. The Balaban J connectivity index is 5.01. The molecule has 0 aliphatic heterocycles. The van der Waals surface area contributed by atoms with Crippen LogP contribution in [0.3, 0.4) is 0 Å². The first-order valence-electron chi connectivity index (χ1n) is 5.65. The average Bonchev–Trinajstić information content (AvgIpc) is 2.15. The first kappa shape index (κ1) is 16.5. The van der Waals surface area contributed by atoms with E-state index < -0.39 is 11.1 Å². The van der Waals surface area contributed by atoms with Gasteiger partial charge in [0, 0.05) is 6.04 Å². The Morgan fingerprint density at radius 2 is 2.00 bits per heavy atom. The molecule has 17 heavy (non-hydrogen) atoms. The number of hydrogen-bond acceptors (Lipinski definition) is 5. The molecule has 1 unspecified atom stereocenters. The fourth-order valence-corrected chi connectivity index (χ4v) is 1.85. The Labute approximate surface area is 109 Å². The highest BCUT2D eigenvalue weighted by atomic mass is 35.5. The van der Waals surface area contributed by atoms with E-state index in [9.17, 15) is 5.11 Å². The summed E-state index contributed by atoms with van der Waals surface area (Å²) in [5.41, 5.74) is 9.65. The van der Waals surface area contributed by atoms with Gasteiger partial charge in [0.1, 0.15) is 5.60 Å². The van der Waals surface area contributed by atoms with Crippen molar-refractivity contribution in [1.29, 1.82) is 0 Å². The van der Waals surface area contributed by atoms with Crippen LogP contribution in [0.15, 0.2) is 11.9 Å². The monoisotopic (exact) mass is 264 g/mol. The van der Waals surface area contributed by atoms with Crippen LogP contribution in [0.25, 0.3) is 0 Å². The molecule has 0 bridgehead atoms. The lowest BCUT2D eigenvalue weighted by atomic mass is 9.84. The molecule has 0 saturated heterocycles. The van der Waals surface area contributed by atoms with E-state index in [0.717, 1.165) is 0 Å². The second-order valence-corrected chi connectivity index (χ2v) is 5.22. The lowest BCUT2D eigenvalue weighted by molar-refractivity contribution is 0.0185. The first-order chi connectivity index (χ1) is 7.68. The van der Waals surface area contributed by atoms with Crippen LogP contribution in [-0.2, 0) is 0 Å². The molecule has 5 nitrogen and oxygen atoms in total. The predicted octanol–water partition coefficient (Wildman–Crippen LogP) is 0.257.